The summed E-state index contributed by atoms with van der Waals surface area (Å²) in [6, 6.07) is 14.2. The van der Waals surface area contributed by atoms with Gasteiger partial charge in [0.15, 0.2) is 0 Å². The number of hydrogen-bond acceptors (Lipinski definition) is 2. The van der Waals surface area contributed by atoms with Crippen molar-refractivity contribution in [3.63, 3.8) is 0 Å². The zero-order valence-corrected chi connectivity index (χ0v) is 12.5. The van der Waals surface area contributed by atoms with Crippen LogP contribution in [-0.2, 0) is 0 Å². The number of rotatable bonds is 5. The molecule has 0 saturated heterocycles. The minimum Gasteiger partial charge on any atom is -0.491 e. The van der Waals surface area contributed by atoms with E-state index in [-0.39, 0.29) is 5.54 Å². The summed E-state index contributed by atoms with van der Waals surface area (Å²) < 4.78 is 5.67. The number of fused-ring (bicyclic) bond motifs is 1. The van der Waals surface area contributed by atoms with Crippen molar-refractivity contribution in [2.45, 2.75) is 32.4 Å². The van der Waals surface area contributed by atoms with Crippen LogP contribution in [-0.4, -0.2) is 29.9 Å². The number of benzene rings is 2. The highest BCUT2D eigenvalue weighted by atomic mass is 16.5. The number of nitrogens with two attached hydrogens (primary N) is 1. The zero-order chi connectivity index (χ0) is 14.6. The third-order valence-corrected chi connectivity index (χ3v) is 3.17. The van der Waals surface area contributed by atoms with Crippen LogP contribution < -0.4 is 10.1 Å². The Morgan fingerprint density at radius 2 is 1.80 bits per heavy atom. The minimum absolute atomic E-state index is 0.129. The van der Waals surface area contributed by atoms with Gasteiger partial charge in [-0.25, -0.2) is 0 Å². The molecule has 0 aromatic heterocycles. The van der Waals surface area contributed by atoms with E-state index in [1.54, 1.807) is 0 Å². The van der Waals surface area contributed by atoms with E-state index in [0.717, 1.165) is 11.1 Å². The Bertz CT molecular complexity index is 560. The Labute approximate surface area is 120 Å². The third kappa shape index (κ3) is 4.51. The molecule has 2 aromatic carbocycles. The van der Waals surface area contributed by atoms with Crippen LogP contribution in [0.5, 0.6) is 5.75 Å². The van der Waals surface area contributed by atoms with Crippen molar-refractivity contribution in [1.29, 1.82) is 0 Å². The first-order chi connectivity index (χ1) is 9.44. The maximum atomic E-state index is 9.93. The summed E-state index contributed by atoms with van der Waals surface area (Å²) in [7, 11) is 0. The van der Waals surface area contributed by atoms with E-state index in [9.17, 15) is 5.11 Å². The van der Waals surface area contributed by atoms with Crippen molar-refractivity contribution in [3.8, 4) is 5.75 Å². The van der Waals surface area contributed by atoms with Crippen molar-refractivity contribution in [1.82, 2.24) is 0 Å². The van der Waals surface area contributed by atoms with Gasteiger partial charge < -0.3 is 15.2 Å². The van der Waals surface area contributed by atoms with E-state index in [2.05, 4.69) is 38.2 Å². The van der Waals surface area contributed by atoms with Crippen molar-refractivity contribution >= 4 is 10.8 Å². The molecule has 3 nitrogen and oxygen atoms in total. The number of aliphatic hydroxyl groups is 1. The second-order valence-electron chi connectivity index (χ2n) is 6.28. The fraction of sp³-hybridized carbons (Fsp3) is 0.412. The lowest BCUT2D eigenvalue weighted by molar-refractivity contribution is -0.722. The van der Waals surface area contributed by atoms with Gasteiger partial charge in [-0.15, -0.1) is 0 Å². The molecule has 0 fully saturated rings. The highest BCUT2D eigenvalue weighted by molar-refractivity contribution is 5.83. The lowest BCUT2D eigenvalue weighted by Gasteiger charge is -2.19. The predicted octanol–water partition coefficient (Wildman–Crippen LogP) is 1.94. The molecule has 1 atom stereocenters. The molecule has 0 aliphatic heterocycles. The Morgan fingerprint density at radius 3 is 2.50 bits per heavy atom. The highest BCUT2D eigenvalue weighted by Gasteiger charge is 2.16. The van der Waals surface area contributed by atoms with Crippen molar-refractivity contribution in [3.05, 3.63) is 42.5 Å². The van der Waals surface area contributed by atoms with Gasteiger partial charge in [-0.1, -0.05) is 30.3 Å². The van der Waals surface area contributed by atoms with Gasteiger partial charge in [0.25, 0.3) is 0 Å². The predicted molar refractivity (Wildman–Crippen MR) is 82.0 cm³/mol. The van der Waals surface area contributed by atoms with Gasteiger partial charge in [-0.05, 0) is 43.7 Å². The van der Waals surface area contributed by atoms with Gasteiger partial charge in [0.1, 0.15) is 25.0 Å². The van der Waals surface area contributed by atoms with E-state index in [1.807, 2.05) is 30.3 Å². The van der Waals surface area contributed by atoms with Gasteiger partial charge in [-0.3, -0.25) is 0 Å². The van der Waals surface area contributed by atoms with Crippen LogP contribution in [0, 0.1) is 0 Å². The monoisotopic (exact) mass is 274 g/mol. The summed E-state index contributed by atoms with van der Waals surface area (Å²) in [5, 5.41) is 14.4. The zero-order valence-electron chi connectivity index (χ0n) is 12.5. The van der Waals surface area contributed by atoms with Gasteiger partial charge in [0, 0.05) is 0 Å². The van der Waals surface area contributed by atoms with Gasteiger partial charge in [0.2, 0.25) is 0 Å². The number of ether oxygens (including phenoxy) is 1. The van der Waals surface area contributed by atoms with Crippen molar-refractivity contribution in [2.24, 2.45) is 0 Å². The summed E-state index contributed by atoms with van der Waals surface area (Å²) >= 11 is 0. The van der Waals surface area contributed by atoms with E-state index < -0.39 is 6.10 Å². The Balaban J connectivity index is 1.89. The van der Waals surface area contributed by atoms with E-state index in [0.29, 0.717) is 13.2 Å². The second kappa shape index (κ2) is 6.25. The normalized spacial score (nSPS) is 13.4. The van der Waals surface area contributed by atoms with Crippen molar-refractivity contribution < 1.29 is 15.2 Å². The largest absolute Gasteiger partial charge is 0.491 e. The average molecular weight is 274 g/mol. The van der Waals surface area contributed by atoms with Crippen molar-refractivity contribution in [2.75, 3.05) is 13.2 Å². The molecule has 0 heterocycles. The van der Waals surface area contributed by atoms with Gasteiger partial charge in [-0.2, -0.15) is 0 Å². The van der Waals surface area contributed by atoms with Crippen LogP contribution in [0.1, 0.15) is 20.8 Å². The summed E-state index contributed by atoms with van der Waals surface area (Å²) in [4.78, 5) is 0. The number of quaternary nitrogens is 1. The molecule has 20 heavy (non-hydrogen) atoms. The molecule has 0 aliphatic rings. The lowest BCUT2D eigenvalue weighted by atomic mass is 10.1. The minimum atomic E-state index is -0.458. The Morgan fingerprint density at radius 1 is 1.10 bits per heavy atom. The molecule has 0 amide bonds. The average Bonchev–Trinajstić information content (AvgIpc) is 2.42. The molecule has 108 valence electrons. The molecule has 3 N–H and O–H groups in total. The van der Waals surface area contributed by atoms with Crippen LogP contribution in [0.25, 0.3) is 10.8 Å². The molecule has 2 aromatic rings. The third-order valence-electron chi connectivity index (χ3n) is 3.17. The first-order valence-electron chi connectivity index (χ1n) is 7.08. The highest BCUT2D eigenvalue weighted by Crippen LogP contribution is 2.20. The van der Waals surface area contributed by atoms with E-state index >= 15 is 0 Å². The topological polar surface area (TPSA) is 46.1 Å². The summed E-state index contributed by atoms with van der Waals surface area (Å²) in [5.74, 6) is 0.804. The second-order valence-corrected chi connectivity index (χ2v) is 6.28. The Kier molecular flexibility index (Phi) is 4.63. The molecule has 0 radical (unpaired) electrons. The molecular formula is C17H24NO2+. The quantitative estimate of drug-likeness (QED) is 0.875. The summed E-state index contributed by atoms with van der Waals surface area (Å²) in [5.41, 5.74) is 0.129. The fourth-order valence-electron chi connectivity index (χ4n) is 2.01. The molecule has 0 saturated carbocycles. The first kappa shape index (κ1) is 14.8. The molecule has 0 aliphatic carbocycles. The molecule has 0 bridgehead atoms. The standard InChI is InChI=1S/C17H23NO2/c1-17(2,3)18-11-15(19)12-20-16-9-8-13-6-4-5-7-14(13)10-16/h4-10,15,18-19H,11-12H2,1-3H3/p+1. The smallest absolute Gasteiger partial charge is 0.137 e. The lowest BCUT2D eigenvalue weighted by Crippen LogP contribution is -2.96. The van der Waals surface area contributed by atoms with Crippen LogP contribution in [0.15, 0.2) is 42.5 Å². The molecule has 1 unspecified atom stereocenters. The summed E-state index contributed by atoms with van der Waals surface area (Å²) in [6.07, 6.45) is -0.458. The maximum Gasteiger partial charge on any atom is 0.137 e. The van der Waals surface area contributed by atoms with Crippen LogP contribution in [0.4, 0.5) is 0 Å². The first-order valence-corrected chi connectivity index (χ1v) is 7.08. The number of hydrogen-bond donors (Lipinski definition) is 2. The molecular weight excluding hydrogens is 250 g/mol. The number of aliphatic hydroxyl groups excluding tert-OH is 1. The van der Waals surface area contributed by atoms with Crippen LogP contribution in [0.2, 0.25) is 0 Å². The van der Waals surface area contributed by atoms with Gasteiger partial charge in [0.05, 0.1) is 5.54 Å². The fourth-order valence-corrected chi connectivity index (χ4v) is 2.01. The van der Waals surface area contributed by atoms with E-state index in [1.165, 1.54) is 5.39 Å². The van der Waals surface area contributed by atoms with E-state index in [4.69, 9.17) is 4.74 Å². The maximum absolute atomic E-state index is 9.93. The SMILES string of the molecule is CC(C)(C)[NH2+]CC(O)COc1ccc2ccccc2c1. The van der Waals surface area contributed by atoms with Crippen LogP contribution >= 0.6 is 0 Å². The molecule has 3 heteroatoms. The molecule has 0 spiro atoms. The Hall–Kier alpha value is -1.58. The molecule has 2 rings (SSSR count). The van der Waals surface area contributed by atoms with Crippen LogP contribution in [0.3, 0.4) is 0 Å². The summed E-state index contributed by atoms with van der Waals surface area (Å²) in [6.45, 7) is 7.36. The van der Waals surface area contributed by atoms with Gasteiger partial charge >= 0.3 is 0 Å².